The molecule has 6 heteroatoms. The summed E-state index contributed by atoms with van der Waals surface area (Å²) in [5.41, 5.74) is 15.4. The molecule has 0 saturated heterocycles. The molecule has 0 saturated carbocycles. The van der Waals surface area contributed by atoms with Gasteiger partial charge in [0.25, 0.3) is 0 Å². The minimum Gasteiger partial charge on any atom is -0.457 e. The molecule has 6 nitrogen and oxygen atoms in total. The molecule has 0 aliphatic heterocycles. The lowest BCUT2D eigenvalue weighted by Crippen LogP contribution is -2.15. The Morgan fingerprint density at radius 1 is 0.400 bits per heavy atom. The smallest absolute Gasteiger partial charge is 0.127 e. The standard InChI is InChI=1S/C34H42N4O2/c35-29-11-19-33(20-12-29)39-31-15-7-27(8-16-31)25-37-23-5-3-1-2-4-6-24-38-26-28-9-17-32(18-10-28)40-34-21-13-30(36)14-22-34/h7-22,37-38H,1-6,23-26,35-36H2. The minimum absolute atomic E-state index is 0.735. The Kier molecular flexibility index (Phi) is 11.7. The molecule has 0 spiro atoms. The number of nitrogens with one attached hydrogen (secondary N) is 2. The van der Waals surface area contributed by atoms with Crippen LogP contribution in [-0.2, 0) is 13.1 Å². The van der Waals surface area contributed by atoms with Gasteiger partial charge in [0.05, 0.1) is 0 Å². The SMILES string of the molecule is Nc1ccc(Oc2ccc(CNCCCCCCCCNCc3ccc(Oc4ccc(N)cc4)cc3)cc2)cc1. The van der Waals surface area contributed by atoms with Crippen LogP contribution in [0.3, 0.4) is 0 Å². The maximum atomic E-state index is 5.86. The molecule has 4 aromatic carbocycles. The fourth-order valence-electron chi connectivity index (χ4n) is 4.37. The van der Waals surface area contributed by atoms with Crippen LogP contribution in [0.2, 0.25) is 0 Å². The molecule has 6 N–H and O–H groups in total. The van der Waals surface area contributed by atoms with Crippen LogP contribution >= 0.6 is 0 Å². The summed E-state index contributed by atoms with van der Waals surface area (Å²) in [4.78, 5) is 0. The van der Waals surface area contributed by atoms with E-state index < -0.39 is 0 Å². The highest BCUT2D eigenvalue weighted by Gasteiger charge is 2.00. The van der Waals surface area contributed by atoms with Gasteiger partial charge in [0.15, 0.2) is 0 Å². The lowest BCUT2D eigenvalue weighted by atomic mass is 10.1. The first-order valence-electron chi connectivity index (χ1n) is 14.3. The lowest BCUT2D eigenvalue weighted by Gasteiger charge is -2.09. The highest BCUT2D eigenvalue weighted by atomic mass is 16.5. The van der Waals surface area contributed by atoms with Gasteiger partial charge in [-0.15, -0.1) is 0 Å². The van der Waals surface area contributed by atoms with Gasteiger partial charge in [-0.2, -0.15) is 0 Å². The second-order valence-corrected chi connectivity index (χ2v) is 10.1. The monoisotopic (exact) mass is 538 g/mol. The first kappa shape index (κ1) is 29.0. The van der Waals surface area contributed by atoms with Crippen LogP contribution in [0, 0.1) is 0 Å². The molecular weight excluding hydrogens is 496 g/mol. The van der Waals surface area contributed by atoms with Gasteiger partial charge >= 0.3 is 0 Å². The summed E-state index contributed by atoms with van der Waals surface area (Å²) in [5.74, 6) is 3.25. The van der Waals surface area contributed by atoms with E-state index in [1.807, 2.05) is 72.8 Å². The minimum atomic E-state index is 0.735. The molecule has 0 amide bonds. The first-order valence-corrected chi connectivity index (χ1v) is 14.3. The van der Waals surface area contributed by atoms with Crippen LogP contribution in [-0.4, -0.2) is 13.1 Å². The van der Waals surface area contributed by atoms with Crippen LogP contribution in [0.1, 0.15) is 49.7 Å². The fourth-order valence-corrected chi connectivity index (χ4v) is 4.37. The van der Waals surface area contributed by atoms with E-state index in [1.165, 1.54) is 49.7 Å². The summed E-state index contributed by atoms with van der Waals surface area (Å²) in [6.07, 6.45) is 7.59. The number of rotatable bonds is 17. The zero-order valence-electron chi connectivity index (χ0n) is 23.3. The van der Waals surface area contributed by atoms with Crippen molar-refractivity contribution in [2.75, 3.05) is 24.6 Å². The molecule has 210 valence electrons. The number of hydrogen-bond donors (Lipinski definition) is 4. The quantitative estimate of drug-likeness (QED) is 0.0814. The van der Waals surface area contributed by atoms with Gasteiger partial charge < -0.3 is 31.6 Å². The summed E-state index contributed by atoms with van der Waals surface area (Å²) in [6.45, 7) is 3.86. The summed E-state index contributed by atoms with van der Waals surface area (Å²) in [6, 6.07) is 31.4. The summed E-state index contributed by atoms with van der Waals surface area (Å²) >= 11 is 0. The average Bonchev–Trinajstić information content (AvgIpc) is 2.98. The van der Waals surface area contributed by atoms with E-state index in [4.69, 9.17) is 20.9 Å². The van der Waals surface area contributed by atoms with Gasteiger partial charge in [-0.25, -0.2) is 0 Å². The number of nitrogen functional groups attached to an aromatic ring is 2. The van der Waals surface area contributed by atoms with Crippen LogP contribution in [0.25, 0.3) is 0 Å². The Morgan fingerprint density at radius 2 is 0.700 bits per heavy atom. The molecule has 40 heavy (non-hydrogen) atoms. The fraction of sp³-hybridized carbons (Fsp3) is 0.294. The molecule has 0 aliphatic rings. The van der Waals surface area contributed by atoms with Gasteiger partial charge in [-0.3, -0.25) is 0 Å². The molecule has 4 aromatic rings. The predicted octanol–water partition coefficient (Wildman–Crippen LogP) is 7.66. The van der Waals surface area contributed by atoms with E-state index >= 15 is 0 Å². The third-order valence-corrected chi connectivity index (χ3v) is 6.69. The van der Waals surface area contributed by atoms with Crippen LogP contribution in [0.5, 0.6) is 23.0 Å². The van der Waals surface area contributed by atoms with Gasteiger partial charge in [-0.05, 0) is 110 Å². The van der Waals surface area contributed by atoms with Crippen molar-refractivity contribution in [1.29, 1.82) is 0 Å². The van der Waals surface area contributed by atoms with E-state index in [-0.39, 0.29) is 0 Å². The molecule has 0 fully saturated rings. The van der Waals surface area contributed by atoms with Gasteiger partial charge in [0.1, 0.15) is 23.0 Å². The molecule has 0 bridgehead atoms. The van der Waals surface area contributed by atoms with E-state index in [1.54, 1.807) is 0 Å². The number of ether oxygens (including phenoxy) is 2. The Bertz CT molecular complexity index is 1140. The van der Waals surface area contributed by atoms with E-state index in [0.29, 0.717) is 0 Å². The second kappa shape index (κ2) is 16.2. The topological polar surface area (TPSA) is 94.6 Å². The largest absolute Gasteiger partial charge is 0.457 e. The van der Waals surface area contributed by atoms with E-state index in [2.05, 4.69) is 34.9 Å². The van der Waals surface area contributed by atoms with Crippen molar-refractivity contribution in [2.24, 2.45) is 0 Å². The molecule has 0 heterocycles. The predicted molar refractivity (Wildman–Crippen MR) is 166 cm³/mol. The zero-order valence-corrected chi connectivity index (χ0v) is 23.3. The molecule has 0 radical (unpaired) electrons. The van der Waals surface area contributed by atoms with Crippen molar-refractivity contribution in [3.63, 3.8) is 0 Å². The molecule has 4 rings (SSSR count). The van der Waals surface area contributed by atoms with Crippen molar-refractivity contribution >= 4 is 11.4 Å². The Hall–Kier alpha value is -4.00. The number of hydrogen-bond acceptors (Lipinski definition) is 6. The highest BCUT2D eigenvalue weighted by Crippen LogP contribution is 2.23. The van der Waals surface area contributed by atoms with Gasteiger partial charge in [0.2, 0.25) is 0 Å². The second-order valence-electron chi connectivity index (χ2n) is 10.1. The number of unbranched alkanes of at least 4 members (excludes halogenated alkanes) is 5. The van der Waals surface area contributed by atoms with Crippen molar-refractivity contribution in [3.05, 3.63) is 108 Å². The Balaban J connectivity index is 0.961. The molecule has 0 unspecified atom stereocenters. The summed E-state index contributed by atoms with van der Waals surface area (Å²) < 4.78 is 11.7. The average molecular weight is 539 g/mol. The van der Waals surface area contributed by atoms with Crippen molar-refractivity contribution < 1.29 is 9.47 Å². The maximum Gasteiger partial charge on any atom is 0.127 e. The number of anilines is 2. The number of benzene rings is 4. The lowest BCUT2D eigenvalue weighted by molar-refractivity contribution is 0.482. The molecule has 0 aliphatic carbocycles. The molecular formula is C34H42N4O2. The third-order valence-electron chi connectivity index (χ3n) is 6.69. The van der Waals surface area contributed by atoms with Gasteiger partial charge in [0, 0.05) is 24.5 Å². The zero-order chi connectivity index (χ0) is 27.8. The van der Waals surface area contributed by atoms with Crippen LogP contribution in [0.15, 0.2) is 97.1 Å². The van der Waals surface area contributed by atoms with E-state index in [0.717, 1.165) is 60.6 Å². The maximum absolute atomic E-state index is 5.86. The normalized spacial score (nSPS) is 10.9. The van der Waals surface area contributed by atoms with E-state index in [9.17, 15) is 0 Å². The summed E-state index contributed by atoms with van der Waals surface area (Å²) in [7, 11) is 0. The van der Waals surface area contributed by atoms with Crippen LogP contribution in [0.4, 0.5) is 11.4 Å². The van der Waals surface area contributed by atoms with Crippen molar-refractivity contribution in [3.8, 4) is 23.0 Å². The third kappa shape index (κ3) is 10.6. The van der Waals surface area contributed by atoms with Crippen molar-refractivity contribution in [2.45, 2.75) is 51.6 Å². The van der Waals surface area contributed by atoms with Crippen LogP contribution < -0.4 is 31.6 Å². The molecule has 0 atom stereocenters. The number of nitrogens with two attached hydrogens (primary N) is 2. The van der Waals surface area contributed by atoms with Crippen molar-refractivity contribution in [1.82, 2.24) is 10.6 Å². The highest BCUT2D eigenvalue weighted by molar-refractivity contribution is 5.44. The Morgan fingerprint density at radius 3 is 1.05 bits per heavy atom. The Labute approximate surface area is 238 Å². The first-order chi connectivity index (χ1) is 19.6. The summed E-state index contributed by atoms with van der Waals surface area (Å²) in [5, 5.41) is 7.10. The van der Waals surface area contributed by atoms with Gasteiger partial charge in [-0.1, -0.05) is 49.9 Å². The molecule has 0 aromatic heterocycles.